The van der Waals surface area contributed by atoms with Gasteiger partial charge in [-0.1, -0.05) is 0 Å². The Kier molecular flexibility index (Phi) is 3.13. The second-order valence-corrected chi connectivity index (χ2v) is 4.87. The number of carbonyl (C=O) groups is 1. The number of benzene rings is 1. The first-order valence-corrected chi connectivity index (χ1v) is 6.56. The number of nitrogens with zero attached hydrogens (tertiary/aromatic N) is 2. The maximum Gasteiger partial charge on any atom is 0.321 e. The Labute approximate surface area is 112 Å². The van der Waals surface area contributed by atoms with Gasteiger partial charge < -0.3 is 20.1 Å². The Balaban J connectivity index is 1.75. The zero-order chi connectivity index (χ0) is 13.2. The highest BCUT2D eigenvalue weighted by Gasteiger charge is 2.16. The van der Waals surface area contributed by atoms with Crippen LogP contribution in [0, 0.1) is 0 Å². The molecule has 0 saturated carbocycles. The third-order valence-corrected chi connectivity index (χ3v) is 3.54. The largest absolute Gasteiger partial charge is 0.351 e. The Morgan fingerprint density at radius 3 is 2.84 bits per heavy atom. The molecule has 1 aliphatic heterocycles. The van der Waals surface area contributed by atoms with Crippen LogP contribution in [0.4, 0.5) is 10.5 Å². The first-order chi connectivity index (χ1) is 9.24. The summed E-state index contributed by atoms with van der Waals surface area (Å²) in [4.78, 5) is 13.9. The van der Waals surface area contributed by atoms with E-state index in [1.165, 1.54) is 5.52 Å². The Hall–Kier alpha value is -2.01. The molecule has 1 aromatic heterocycles. The molecule has 0 unspecified atom stereocenters. The minimum absolute atomic E-state index is 0.0169. The van der Waals surface area contributed by atoms with Gasteiger partial charge >= 0.3 is 6.03 Å². The van der Waals surface area contributed by atoms with Crippen molar-refractivity contribution in [2.24, 2.45) is 7.05 Å². The maximum absolute atomic E-state index is 12.1. The molecule has 0 spiro atoms. The van der Waals surface area contributed by atoms with Crippen molar-refractivity contribution in [2.45, 2.75) is 0 Å². The van der Waals surface area contributed by atoms with Crippen molar-refractivity contribution in [2.75, 3.05) is 31.5 Å². The summed E-state index contributed by atoms with van der Waals surface area (Å²) < 4.78 is 2.07. The zero-order valence-corrected chi connectivity index (χ0v) is 11.0. The minimum Gasteiger partial charge on any atom is -0.351 e. The van der Waals surface area contributed by atoms with Crippen molar-refractivity contribution < 1.29 is 4.79 Å². The van der Waals surface area contributed by atoms with Crippen LogP contribution >= 0.6 is 0 Å². The Morgan fingerprint density at radius 2 is 2.05 bits per heavy atom. The molecule has 2 heterocycles. The SMILES string of the molecule is Cn1ccc2cc(NC(=O)N3CCNCC3)ccc21. The Bertz CT molecular complexity index is 599. The van der Waals surface area contributed by atoms with Crippen molar-refractivity contribution in [1.29, 1.82) is 0 Å². The van der Waals surface area contributed by atoms with Crippen LogP contribution in [-0.2, 0) is 7.05 Å². The summed E-state index contributed by atoms with van der Waals surface area (Å²) in [6, 6.07) is 8.02. The molecule has 19 heavy (non-hydrogen) atoms. The fourth-order valence-electron chi connectivity index (χ4n) is 2.43. The molecule has 0 atom stereocenters. The van der Waals surface area contributed by atoms with Gasteiger partial charge in [0.1, 0.15) is 0 Å². The highest BCUT2D eigenvalue weighted by Crippen LogP contribution is 2.20. The number of fused-ring (bicyclic) bond motifs is 1. The van der Waals surface area contributed by atoms with E-state index < -0.39 is 0 Å². The lowest BCUT2D eigenvalue weighted by Gasteiger charge is -2.27. The lowest BCUT2D eigenvalue weighted by molar-refractivity contribution is 0.204. The van der Waals surface area contributed by atoms with Crippen molar-refractivity contribution in [3.05, 3.63) is 30.5 Å². The van der Waals surface area contributed by atoms with E-state index in [0.717, 1.165) is 37.3 Å². The summed E-state index contributed by atoms with van der Waals surface area (Å²) in [5.41, 5.74) is 2.02. The molecule has 2 N–H and O–H groups in total. The molecule has 100 valence electrons. The van der Waals surface area contributed by atoms with Gasteiger partial charge in [0, 0.05) is 56.0 Å². The number of rotatable bonds is 1. The highest BCUT2D eigenvalue weighted by molar-refractivity contribution is 5.93. The molecule has 5 nitrogen and oxygen atoms in total. The third-order valence-electron chi connectivity index (χ3n) is 3.54. The molecule has 2 amide bonds. The van der Waals surface area contributed by atoms with Crippen LogP contribution in [0.1, 0.15) is 0 Å². The van der Waals surface area contributed by atoms with Crippen LogP contribution in [0.3, 0.4) is 0 Å². The van der Waals surface area contributed by atoms with E-state index in [2.05, 4.69) is 21.3 Å². The van der Waals surface area contributed by atoms with E-state index in [1.54, 1.807) is 0 Å². The number of aryl methyl sites for hydroxylation is 1. The molecule has 1 aromatic carbocycles. The van der Waals surface area contributed by atoms with Crippen LogP contribution in [0.5, 0.6) is 0 Å². The molecule has 1 aliphatic rings. The van der Waals surface area contributed by atoms with Crippen molar-refractivity contribution in [3.63, 3.8) is 0 Å². The first kappa shape index (κ1) is 12.0. The zero-order valence-electron chi connectivity index (χ0n) is 11.0. The fraction of sp³-hybridized carbons (Fsp3) is 0.357. The van der Waals surface area contributed by atoms with Gasteiger partial charge in [-0.2, -0.15) is 0 Å². The van der Waals surface area contributed by atoms with Crippen LogP contribution in [-0.4, -0.2) is 41.7 Å². The highest BCUT2D eigenvalue weighted by atomic mass is 16.2. The summed E-state index contributed by atoms with van der Waals surface area (Å²) in [6.07, 6.45) is 2.02. The van der Waals surface area contributed by atoms with E-state index in [4.69, 9.17) is 0 Å². The number of nitrogens with one attached hydrogen (secondary N) is 2. The van der Waals surface area contributed by atoms with Gasteiger partial charge in [0.2, 0.25) is 0 Å². The van der Waals surface area contributed by atoms with Gasteiger partial charge in [-0.3, -0.25) is 0 Å². The summed E-state index contributed by atoms with van der Waals surface area (Å²) in [7, 11) is 2.02. The van der Waals surface area contributed by atoms with Crippen LogP contribution in [0.2, 0.25) is 0 Å². The van der Waals surface area contributed by atoms with Crippen LogP contribution in [0.15, 0.2) is 30.5 Å². The average molecular weight is 258 g/mol. The summed E-state index contributed by atoms with van der Waals surface area (Å²) in [5, 5.41) is 7.34. The van der Waals surface area contributed by atoms with E-state index in [-0.39, 0.29) is 6.03 Å². The van der Waals surface area contributed by atoms with Gasteiger partial charge in [0.25, 0.3) is 0 Å². The maximum atomic E-state index is 12.1. The standard InChI is InChI=1S/C14H18N4O/c1-17-7-4-11-10-12(2-3-13(11)17)16-14(19)18-8-5-15-6-9-18/h2-4,7,10,15H,5-6,8-9H2,1H3,(H,16,19). The molecule has 0 bridgehead atoms. The molecule has 0 aliphatic carbocycles. The molecule has 0 radical (unpaired) electrons. The molecular formula is C14H18N4O. The number of aromatic nitrogens is 1. The van der Waals surface area contributed by atoms with E-state index >= 15 is 0 Å². The summed E-state index contributed by atoms with van der Waals surface area (Å²) in [6.45, 7) is 3.26. The molecule has 1 fully saturated rings. The van der Waals surface area contributed by atoms with Gasteiger partial charge in [-0.15, -0.1) is 0 Å². The van der Waals surface area contributed by atoms with Gasteiger partial charge in [-0.05, 0) is 24.3 Å². The number of carbonyl (C=O) groups excluding carboxylic acids is 1. The summed E-state index contributed by atoms with van der Waals surface area (Å²) in [5.74, 6) is 0. The van der Waals surface area contributed by atoms with Crippen molar-refractivity contribution in [3.8, 4) is 0 Å². The second kappa shape index (κ2) is 4.93. The summed E-state index contributed by atoms with van der Waals surface area (Å²) >= 11 is 0. The topological polar surface area (TPSA) is 49.3 Å². The normalized spacial score (nSPS) is 15.7. The number of amides is 2. The van der Waals surface area contributed by atoms with Gasteiger partial charge in [-0.25, -0.2) is 4.79 Å². The van der Waals surface area contributed by atoms with Crippen LogP contribution < -0.4 is 10.6 Å². The second-order valence-electron chi connectivity index (χ2n) is 4.87. The monoisotopic (exact) mass is 258 g/mol. The average Bonchev–Trinajstić information content (AvgIpc) is 2.81. The van der Waals surface area contributed by atoms with E-state index in [0.29, 0.717) is 0 Å². The molecule has 2 aromatic rings. The predicted octanol–water partition coefficient (Wildman–Crippen LogP) is 1.62. The van der Waals surface area contributed by atoms with E-state index in [1.807, 2.05) is 36.3 Å². The minimum atomic E-state index is -0.0169. The lowest BCUT2D eigenvalue weighted by atomic mass is 10.2. The van der Waals surface area contributed by atoms with Gasteiger partial charge in [0.05, 0.1) is 0 Å². The van der Waals surface area contributed by atoms with Crippen molar-refractivity contribution in [1.82, 2.24) is 14.8 Å². The molecule has 1 saturated heterocycles. The number of piperazine rings is 1. The molecule has 3 rings (SSSR count). The van der Waals surface area contributed by atoms with Crippen LogP contribution in [0.25, 0.3) is 10.9 Å². The number of hydrogen-bond acceptors (Lipinski definition) is 2. The first-order valence-electron chi connectivity index (χ1n) is 6.56. The number of hydrogen-bond donors (Lipinski definition) is 2. The molecular weight excluding hydrogens is 240 g/mol. The quantitative estimate of drug-likeness (QED) is 0.816. The smallest absolute Gasteiger partial charge is 0.321 e. The fourth-order valence-corrected chi connectivity index (χ4v) is 2.43. The molecule has 5 heteroatoms. The number of anilines is 1. The Morgan fingerprint density at radius 1 is 1.26 bits per heavy atom. The van der Waals surface area contributed by atoms with E-state index in [9.17, 15) is 4.79 Å². The predicted molar refractivity (Wildman–Crippen MR) is 76.4 cm³/mol. The van der Waals surface area contributed by atoms with Gasteiger partial charge in [0.15, 0.2) is 0 Å². The van der Waals surface area contributed by atoms with Crippen molar-refractivity contribution >= 4 is 22.6 Å². The third kappa shape index (κ3) is 2.42. The lowest BCUT2D eigenvalue weighted by Crippen LogP contribution is -2.48. The number of urea groups is 1.